The van der Waals surface area contributed by atoms with Gasteiger partial charge in [-0.05, 0) is 30.6 Å². The van der Waals surface area contributed by atoms with E-state index in [1.165, 1.54) is 17.6 Å². The molecular weight excluding hydrogens is 192 g/mol. The van der Waals surface area contributed by atoms with Crippen molar-refractivity contribution in [1.29, 1.82) is 0 Å². The molecule has 1 rings (SSSR count). The standard InChI is InChI=1S/C9H11ClOS/c1-7-4-3-5-9(10)8(7)6-11-12-2/h3-5H,6H2,1-2H3. The summed E-state index contributed by atoms with van der Waals surface area (Å²) in [5.74, 6) is 0. The minimum atomic E-state index is 0.576. The van der Waals surface area contributed by atoms with Crippen LogP contribution in [0.25, 0.3) is 0 Å². The molecule has 0 fully saturated rings. The summed E-state index contributed by atoms with van der Waals surface area (Å²) in [6.45, 7) is 2.61. The minimum absolute atomic E-state index is 0.576. The molecule has 0 N–H and O–H groups in total. The predicted octanol–water partition coefficient (Wildman–Crippen LogP) is 3.44. The molecule has 0 bridgehead atoms. The summed E-state index contributed by atoms with van der Waals surface area (Å²) in [6.07, 6.45) is 1.90. The van der Waals surface area contributed by atoms with E-state index in [2.05, 4.69) is 0 Å². The maximum Gasteiger partial charge on any atom is 0.0881 e. The van der Waals surface area contributed by atoms with Crippen molar-refractivity contribution in [3.63, 3.8) is 0 Å². The molecule has 1 aromatic rings. The Balaban J connectivity index is 2.81. The summed E-state index contributed by atoms with van der Waals surface area (Å²) in [4.78, 5) is 0. The maximum atomic E-state index is 5.98. The lowest BCUT2D eigenvalue weighted by atomic mass is 10.1. The first-order chi connectivity index (χ1) is 5.75. The summed E-state index contributed by atoms with van der Waals surface area (Å²) in [5.41, 5.74) is 2.25. The van der Waals surface area contributed by atoms with Gasteiger partial charge in [-0.3, -0.25) is 0 Å². The number of benzene rings is 1. The van der Waals surface area contributed by atoms with E-state index in [1.807, 2.05) is 31.4 Å². The Morgan fingerprint density at radius 3 is 2.83 bits per heavy atom. The average molecular weight is 203 g/mol. The van der Waals surface area contributed by atoms with E-state index >= 15 is 0 Å². The van der Waals surface area contributed by atoms with Gasteiger partial charge in [0.2, 0.25) is 0 Å². The van der Waals surface area contributed by atoms with Crippen LogP contribution in [0.1, 0.15) is 11.1 Å². The number of rotatable bonds is 3. The molecule has 12 heavy (non-hydrogen) atoms. The third kappa shape index (κ3) is 2.41. The highest BCUT2D eigenvalue weighted by molar-refractivity contribution is 7.93. The van der Waals surface area contributed by atoms with Crippen molar-refractivity contribution in [2.24, 2.45) is 0 Å². The molecule has 3 heteroatoms. The molecule has 0 heterocycles. The van der Waals surface area contributed by atoms with Gasteiger partial charge in [0.15, 0.2) is 0 Å². The van der Waals surface area contributed by atoms with Gasteiger partial charge in [0.25, 0.3) is 0 Å². The fourth-order valence-corrected chi connectivity index (χ4v) is 1.48. The van der Waals surface area contributed by atoms with Gasteiger partial charge in [0.1, 0.15) is 0 Å². The second kappa shape index (κ2) is 4.75. The third-order valence-electron chi connectivity index (χ3n) is 1.67. The van der Waals surface area contributed by atoms with Crippen molar-refractivity contribution < 1.29 is 4.18 Å². The largest absolute Gasteiger partial charge is 0.311 e. The van der Waals surface area contributed by atoms with Crippen molar-refractivity contribution in [2.75, 3.05) is 6.26 Å². The van der Waals surface area contributed by atoms with Crippen LogP contribution < -0.4 is 0 Å². The van der Waals surface area contributed by atoms with Crippen molar-refractivity contribution in [1.82, 2.24) is 0 Å². The molecule has 0 aliphatic heterocycles. The van der Waals surface area contributed by atoms with Gasteiger partial charge in [-0.25, -0.2) is 0 Å². The lowest BCUT2D eigenvalue weighted by molar-refractivity contribution is 0.365. The van der Waals surface area contributed by atoms with Gasteiger partial charge >= 0.3 is 0 Å². The molecule has 0 aromatic heterocycles. The van der Waals surface area contributed by atoms with Gasteiger partial charge in [-0.1, -0.05) is 23.7 Å². The predicted molar refractivity (Wildman–Crippen MR) is 54.5 cm³/mol. The van der Waals surface area contributed by atoms with Crippen LogP contribution >= 0.6 is 23.6 Å². The van der Waals surface area contributed by atoms with Gasteiger partial charge < -0.3 is 4.18 Å². The Morgan fingerprint density at radius 2 is 2.25 bits per heavy atom. The van der Waals surface area contributed by atoms with Gasteiger partial charge in [0.05, 0.1) is 6.61 Å². The highest BCUT2D eigenvalue weighted by atomic mass is 35.5. The van der Waals surface area contributed by atoms with E-state index in [1.54, 1.807) is 0 Å². The van der Waals surface area contributed by atoms with Crippen LogP contribution in [0.4, 0.5) is 0 Å². The molecule has 0 aliphatic rings. The third-order valence-corrected chi connectivity index (χ3v) is 2.38. The van der Waals surface area contributed by atoms with Gasteiger partial charge in [-0.2, -0.15) is 0 Å². The van der Waals surface area contributed by atoms with Crippen LogP contribution in [0.2, 0.25) is 5.02 Å². The Kier molecular flexibility index (Phi) is 3.92. The molecule has 1 nitrogen and oxygen atoms in total. The molecule has 66 valence electrons. The molecule has 0 unspecified atom stereocenters. The summed E-state index contributed by atoms with van der Waals surface area (Å²) in [7, 11) is 0. The van der Waals surface area contributed by atoms with Crippen LogP contribution in [0.3, 0.4) is 0 Å². The number of halogens is 1. The highest BCUT2D eigenvalue weighted by Gasteiger charge is 2.02. The van der Waals surface area contributed by atoms with Crippen LogP contribution in [0.5, 0.6) is 0 Å². The number of aryl methyl sites for hydroxylation is 1. The first kappa shape index (κ1) is 9.90. The van der Waals surface area contributed by atoms with E-state index in [-0.39, 0.29) is 0 Å². The van der Waals surface area contributed by atoms with Crippen molar-refractivity contribution in [3.05, 3.63) is 34.3 Å². The Hall–Kier alpha value is -0.180. The van der Waals surface area contributed by atoms with Crippen molar-refractivity contribution in [3.8, 4) is 0 Å². The Morgan fingerprint density at radius 1 is 1.50 bits per heavy atom. The first-order valence-electron chi connectivity index (χ1n) is 3.65. The molecule has 0 saturated heterocycles. The van der Waals surface area contributed by atoms with E-state index in [0.717, 1.165) is 10.6 Å². The zero-order chi connectivity index (χ0) is 8.97. The van der Waals surface area contributed by atoms with E-state index in [4.69, 9.17) is 15.8 Å². The van der Waals surface area contributed by atoms with E-state index in [9.17, 15) is 0 Å². The molecule has 1 aromatic carbocycles. The maximum absolute atomic E-state index is 5.98. The molecule has 0 atom stereocenters. The van der Waals surface area contributed by atoms with Gasteiger partial charge in [-0.15, -0.1) is 0 Å². The molecule has 0 aliphatic carbocycles. The molecule has 0 radical (unpaired) electrons. The summed E-state index contributed by atoms with van der Waals surface area (Å²) >= 11 is 7.33. The smallest absolute Gasteiger partial charge is 0.0881 e. The topological polar surface area (TPSA) is 9.23 Å². The van der Waals surface area contributed by atoms with Crippen LogP contribution in [-0.4, -0.2) is 6.26 Å². The number of hydrogen-bond acceptors (Lipinski definition) is 2. The summed E-state index contributed by atoms with van der Waals surface area (Å²) in [5, 5.41) is 0.782. The highest BCUT2D eigenvalue weighted by Crippen LogP contribution is 2.21. The van der Waals surface area contributed by atoms with Crippen LogP contribution in [-0.2, 0) is 10.8 Å². The SMILES string of the molecule is CSOCc1c(C)cccc1Cl. The van der Waals surface area contributed by atoms with Gasteiger partial charge in [0, 0.05) is 16.8 Å². The lowest BCUT2D eigenvalue weighted by Gasteiger charge is -2.06. The molecule has 0 saturated carbocycles. The Labute approximate surface area is 82.3 Å². The fraction of sp³-hybridized carbons (Fsp3) is 0.333. The Bertz CT molecular complexity index is 242. The zero-order valence-corrected chi connectivity index (χ0v) is 8.71. The molecule has 0 spiro atoms. The van der Waals surface area contributed by atoms with E-state index < -0.39 is 0 Å². The molecular formula is C9H11ClOS. The number of hydrogen-bond donors (Lipinski definition) is 0. The van der Waals surface area contributed by atoms with Crippen LogP contribution in [0, 0.1) is 6.92 Å². The second-order valence-corrected chi connectivity index (χ2v) is 3.44. The zero-order valence-electron chi connectivity index (χ0n) is 7.13. The van der Waals surface area contributed by atoms with E-state index in [0.29, 0.717) is 6.61 Å². The summed E-state index contributed by atoms with van der Waals surface area (Å²) < 4.78 is 5.21. The fourth-order valence-electron chi connectivity index (χ4n) is 0.967. The normalized spacial score (nSPS) is 10.2. The van der Waals surface area contributed by atoms with Crippen LogP contribution in [0.15, 0.2) is 18.2 Å². The lowest BCUT2D eigenvalue weighted by Crippen LogP contribution is -1.91. The quantitative estimate of drug-likeness (QED) is 0.695. The van der Waals surface area contributed by atoms with Crippen molar-refractivity contribution >= 4 is 23.6 Å². The first-order valence-corrected chi connectivity index (χ1v) is 5.18. The monoisotopic (exact) mass is 202 g/mol. The molecule has 0 amide bonds. The van der Waals surface area contributed by atoms with Crippen molar-refractivity contribution in [2.45, 2.75) is 13.5 Å². The minimum Gasteiger partial charge on any atom is -0.311 e. The summed E-state index contributed by atoms with van der Waals surface area (Å²) in [6, 6.07) is 5.86. The average Bonchev–Trinajstić information content (AvgIpc) is 2.04. The second-order valence-electron chi connectivity index (χ2n) is 2.46.